The smallest absolute Gasteiger partial charge is 0.326 e. The summed E-state index contributed by atoms with van der Waals surface area (Å²) in [5.41, 5.74) is 0.378. The zero-order valence-corrected chi connectivity index (χ0v) is 11.8. The Labute approximate surface area is 112 Å². The maximum Gasteiger partial charge on any atom is 0.326 e. The van der Waals surface area contributed by atoms with Crippen molar-refractivity contribution >= 4 is 11.9 Å². The van der Waals surface area contributed by atoms with Crippen LogP contribution in [0, 0.1) is 5.92 Å². The fourth-order valence-corrected chi connectivity index (χ4v) is 1.67. The Kier molecular flexibility index (Phi) is 5.09. The third-order valence-electron chi connectivity index (χ3n) is 2.70. The average molecular weight is 267 g/mol. The molecule has 0 unspecified atom stereocenters. The van der Waals surface area contributed by atoms with Gasteiger partial charge in [-0.05, 0) is 26.2 Å². The van der Waals surface area contributed by atoms with Gasteiger partial charge in [-0.3, -0.25) is 9.48 Å². The molecule has 1 amide bonds. The van der Waals surface area contributed by atoms with Gasteiger partial charge in [0.1, 0.15) is 6.04 Å². The van der Waals surface area contributed by atoms with Crippen molar-refractivity contribution in [2.75, 3.05) is 0 Å². The van der Waals surface area contributed by atoms with Crippen LogP contribution in [0.3, 0.4) is 0 Å². The van der Waals surface area contributed by atoms with E-state index in [1.54, 1.807) is 10.9 Å². The molecule has 0 saturated carbocycles. The number of hydrogen-bond donors (Lipinski definition) is 2. The van der Waals surface area contributed by atoms with Crippen LogP contribution in [0.25, 0.3) is 0 Å². The standard InChI is InChI=1S/C13H21N3O3/c1-8(2)5-11(13(18)19)15-12(17)10-6-14-16(7-10)9(3)4/h6-9,11H,5H2,1-4H3,(H,15,17)(H,18,19)/t11-/m0/s1. The maximum absolute atomic E-state index is 11.9. The first-order valence-electron chi connectivity index (χ1n) is 6.39. The van der Waals surface area contributed by atoms with Gasteiger partial charge < -0.3 is 10.4 Å². The third-order valence-corrected chi connectivity index (χ3v) is 2.70. The van der Waals surface area contributed by atoms with Crippen molar-refractivity contribution in [3.63, 3.8) is 0 Å². The highest BCUT2D eigenvalue weighted by molar-refractivity contribution is 5.96. The third kappa shape index (κ3) is 4.39. The van der Waals surface area contributed by atoms with Crippen LogP contribution in [0.1, 0.15) is 50.5 Å². The molecule has 1 aromatic rings. The number of carbonyl (C=O) groups is 2. The van der Waals surface area contributed by atoms with Gasteiger partial charge in [0, 0.05) is 12.2 Å². The van der Waals surface area contributed by atoms with Crippen molar-refractivity contribution in [1.82, 2.24) is 15.1 Å². The molecule has 0 radical (unpaired) electrons. The highest BCUT2D eigenvalue weighted by atomic mass is 16.4. The molecule has 19 heavy (non-hydrogen) atoms. The molecule has 106 valence electrons. The Morgan fingerprint density at radius 1 is 1.37 bits per heavy atom. The first kappa shape index (κ1) is 15.2. The lowest BCUT2D eigenvalue weighted by Crippen LogP contribution is -2.41. The van der Waals surface area contributed by atoms with E-state index in [-0.39, 0.29) is 12.0 Å². The summed E-state index contributed by atoms with van der Waals surface area (Å²) in [4.78, 5) is 23.0. The summed E-state index contributed by atoms with van der Waals surface area (Å²) >= 11 is 0. The summed E-state index contributed by atoms with van der Waals surface area (Å²) in [5.74, 6) is -1.22. The first-order chi connectivity index (χ1) is 8.81. The van der Waals surface area contributed by atoms with Crippen LogP contribution in [0.2, 0.25) is 0 Å². The van der Waals surface area contributed by atoms with Gasteiger partial charge in [0.2, 0.25) is 0 Å². The van der Waals surface area contributed by atoms with Gasteiger partial charge in [0.25, 0.3) is 5.91 Å². The first-order valence-corrected chi connectivity index (χ1v) is 6.39. The number of carbonyl (C=O) groups excluding carboxylic acids is 1. The van der Waals surface area contributed by atoms with E-state index in [0.29, 0.717) is 12.0 Å². The predicted molar refractivity (Wildman–Crippen MR) is 71.0 cm³/mol. The number of carboxylic acid groups (broad SMARTS) is 1. The lowest BCUT2D eigenvalue weighted by molar-refractivity contribution is -0.139. The Morgan fingerprint density at radius 2 is 2.00 bits per heavy atom. The normalized spacial score (nSPS) is 12.7. The molecule has 0 bridgehead atoms. The summed E-state index contributed by atoms with van der Waals surface area (Å²) in [6.45, 7) is 7.73. The predicted octanol–water partition coefficient (Wildman–Crippen LogP) is 1.69. The highest BCUT2D eigenvalue weighted by Gasteiger charge is 2.22. The van der Waals surface area contributed by atoms with E-state index in [1.165, 1.54) is 6.20 Å². The molecular formula is C13H21N3O3. The molecule has 0 spiro atoms. The van der Waals surface area contributed by atoms with Crippen molar-refractivity contribution in [2.45, 2.75) is 46.2 Å². The minimum atomic E-state index is -1.02. The lowest BCUT2D eigenvalue weighted by atomic mass is 10.0. The molecule has 6 heteroatoms. The second kappa shape index (κ2) is 6.36. The molecule has 1 rings (SSSR count). The summed E-state index contributed by atoms with van der Waals surface area (Å²) < 4.78 is 1.66. The SMILES string of the molecule is CC(C)C[C@H](NC(=O)c1cnn(C(C)C)c1)C(=O)O. The second-order valence-electron chi connectivity index (χ2n) is 5.30. The van der Waals surface area contributed by atoms with Crippen LogP contribution < -0.4 is 5.32 Å². The van der Waals surface area contributed by atoms with E-state index in [0.717, 1.165) is 0 Å². The highest BCUT2D eigenvalue weighted by Crippen LogP contribution is 2.08. The number of carboxylic acids is 1. The van der Waals surface area contributed by atoms with Gasteiger partial charge in [0.05, 0.1) is 11.8 Å². The molecule has 1 atom stereocenters. The van der Waals surface area contributed by atoms with E-state index in [2.05, 4.69) is 10.4 Å². The molecule has 1 aromatic heterocycles. The molecular weight excluding hydrogens is 246 g/mol. The van der Waals surface area contributed by atoms with Crippen molar-refractivity contribution in [1.29, 1.82) is 0 Å². The molecule has 1 heterocycles. The van der Waals surface area contributed by atoms with Crippen LogP contribution in [0.5, 0.6) is 0 Å². The molecule has 0 saturated heterocycles. The summed E-state index contributed by atoms with van der Waals surface area (Å²) in [5, 5.41) is 15.7. The van der Waals surface area contributed by atoms with E-state index in [1.807, 2.05) is 27.7 Å². The number of nitrogens with zero attached hydrogens (tertiary/aromatic N) is 2. The number of hydrogen-bond acceptors (Lipinski definition) is 3. The Bertz CT molecular complexity index is 452. The zero-order valence-electron chi connectivity index (χ0n) is 11.8. The molecule has 0 aliphatic carbocycles. The van der Waals surface area contributed by atoms with Crippen molar-refractivity contribution in [2.24, 2.45) is 5.92 Å². The number of rotatable bonds is 6. The monoisotopic (exact) mass is 267 g/mol. The molecule has 2 N–H and O–H groups in total. The Morgan fingerprint density at radius 3 is 2.42 bits per heavy atom. The van der Waals surface area contributed by atoms with Gasteiger partial charge in [-0.15, -0.1) is 0 Å². The van der Waals surface area contributed by atoms with Gasteiger partial charge >= 0.3 is 5.97 Å². The quantitative estimate of drug-likeness (QED) is 0.821. The van der Waals surface area contributed by atoms with Gasteiger partial charge in [-0.2, -0.15) is 5.10 Å². The number of aromatic nitrogens is 2. The van der Waals surface area contributed by atoms with Gasteiger partial charge in [0.15, 0.2) is 0 Å². The lowest BCUT2D eigenvalue weighted by Gasteiger charge is -2.15. The Balaban J connectivity index is 2.73. The minimum Gasteiger partial charge on any atom is -0.480 e. The fourth-order valence-electron chi connectivity index (χ4n) is 1.67. The van der Waals surface area contributed by atoms with E-state index >= 15 is 0 Å². The maximum atomic E-state index is 11.9. The van der Waals surface area contributed by atoms with E-state index < -0.39 is 17.9 Å². The van der Waals surface area contributed by atoms with Gasteiger partial charge in [-0.1, -0.05) is 13.8 Å². The van der Waals surface area contributed by atoms with E-state index in [4.69, 9.17) is 5.11 Å². The fraction of sp³-hybridized carbons (Fsp3) is 0.615. The molecule has 6 nitrogen and oxygen atoms in total. The van der Waals surface area contributed by atoms with Crippen molar-refractivity contribution in [3.05, 3.63) is 18.0 Å². The summed E-state index contributed by atoms with van der Waals surface area (Å²) in [6, 6.07) is -0.706. The summed E-state index contributed by atoms with van der Waals surface area (Å²) in [6.07, 6.45) is 3.47. The summed E-state index contributed by atoms with van der Waals surface area (Å²) in [7, 11) is 0. The van der Waals surface area contributed by atoms with Crippen LogP contribution in [0.15, 0.2) is 12.4 Å². The van der Waals surface area contributed by atoms with Crippen LogP contribution in [-0.2, 0) is 4.79 Å². The number of nitrogens with one attached hydrogen (secondary N) is 1. The molecule has 0 aliphatic rings. The average Bonchev–Trinajstić information content (AvgIpc) is 2.76. The molecule has 0 aliphatic heterocycles. The Hall–Kier alpha value is -1.85. The second-order valence-corrected chi connectivity index (χ2v) is 5.30. The largest absolute Gasteiger partial charge is 0.480 e. The van der Waals surface area contributed by atoms with Crippen LogP contribution in [0.4, 0.5) is 0 Å². The van der Waals surface area contributed by atoms with Crippen molar-refractivity contribution < 1.29 is 14.7 Å². The molecule has 0 aromatic carbocycles. The van der Waals surface area contributed by atoms with E-state index in [9.17, 15) is 9.59 Å². The van der Waals surface area contributed by atoms with Crippen molar-refractivity contribution in [3.8, 4) is 0 Å². The van der Waals surface area contributed by atoms with Gasteiger partial charge in [-0.25, -0.2) is 4.79 Å². The minimum absolute atomic E-state index is 0.160. The molecule has 0 fully saturated rings. The number of amides is 1. The topological polar surface area (TPSA) is 84.2 Å². The number of aliphatic carboxylic acids is 1. The van der Waals surface area contributed by atoms with Crippen LogP contribution in [-0.4, -0.2) is 32.8 Å². The zero-order chi connectivity index (χ0) is 14.6. The van der Waals surface area contributed by atoms with Crippen LogP contribution >= 0.6 is 0 Å².